The van der Waals surface area contributed by atoms with E-state index < -0.39 is 0 Å². The first-order chi connectivity index (χ1) is 8.31. The van der Waals surface area contributed by atoms with E-state index in [4.69, 9.17) is 0 Å². The first-order valence-electron chi connectivity index (χ1n) is 6.24. The van der Waals surface area contributed by atoms with Gasteiger partial charge in [0.1, 0.15) is 5.69 Å². The van der Waals surface area contributed by atoms with Crippen molar-refractivity contribution >= 4 is 11.6 Å². The number of rotatable bonds is 2. The summed E-state index contributed by atoms with van der Waals surface area (Å²) in [6.07, 6.45) is 6.35. The average molecular weight is 233 g/mol. The number of hydrogen-bond donors (Lipinski definition) is 1. The zero-order chi connectivity index (χ0) is 12.1. The molecule has 1 fully saturated rings. The third kappa shape index (κ3) is 2.96. The van der Waals surface area contributed by atoms with Crippen LogP contribution in [-0.4, -0.2) is 35.9 Å². The Morgan fingerprint density at radius 2 is 2.00 bits per heavy atom. The summed E-state index contributed by atoms with van der Waals surface area (Å²) in [5.74, 6) is 0.0593. The zero-order valence-corrected chi connectivity index (χ0v) is 10.3. The first-order valence-corrected chi connectivity index (χ1v) is 6.24. The molecule has 92 valence electrons. The smallest absolute Gasteiger partial charge is 0.272 e. The summed E-state index contributed by atoms with van der Waals surface area (Å²) in [6, 6.07) is 3.67. The molecule has 0 unspecified atom stereocenters. The van der Waals surface area contributed by atoms with Crippen LogP contribution in [0.1, 0.15) is 36.2 Å². The van der Waals surface area contributed by atoms with Gasteiger partial charge in [-0.25, -0.2) is 0 Å². The van der Waals surface area contributed by atoms with E-state index in [2.05, 4.69) is 10.3 Å². The molecule has 0 spiro atoms. The van der Waals surface area contributed by atoms with Crippen LogP contribution in [0.5, 0.6) is 0 Å². The van der Waals surface area contributed by atoms with Gasteiger partial charge in [-0.15, -0.1) is 0 Å². The molecule has 4 nitrogen and oxygen atoms in total. The molecule has 1 aliphatic heterocycles. The molecule has 1 aromatic rings. The molecule has 17 heavy (non-hydrogen) atoms. The monoisotopic (exact) mass is 233 g/mol. The Balaban J connectivity index is 2.11. The number of aromatic nitrogens is 1. The van der Waals surface area contributed by atoms with Crippen molar-refractivity contribution in [3.8, 4) is 0 Å². The van der Waals surface area contributed by atoms with Crippen LogP contribution in [0.2, 0.25) is 0 Å². The highest BCUT2D eigenvalue weighted by molar-refractivity contribution is 5.93. The number of carbonyl (C=O) groups is 1. The van der Waals surface area contributed by atoms with Crippen molar-refractivity contribution < 1.29 is 4.79 Å². The number of anilines is 1. The maximum atomic E-state index is 12.3. The number of nitrogens with one attached hydrogen (secondary N) is 1. The third-order valence-corrected chi connectivity index (χ3v) is 3.16. The fraction of sp³-hybridized carbons (Fsp3) is 0.538. The summed E-state index contributed by atoms with van der Waals surface area (Å²) in [6.45, 7) is 1.73. The second-order valence-electron chi connectivity index (χ2n) is 4.39. The number of hydrogen-bond acceptors (Lipinski definition) is 3. The van der Waals surface area contributed by atoms with Gasteiger partial charge in [0, 0.05) is 32.0 Å². The predicted molar refractivity (Wildman–Crippen MR) is 68.2 cm³/mol. The summed E-state index contributed by atoms with van der Waals surface area (Å²) < 4.78 is 0. The Morgan fingerprint density at radius 1 is 1.29 bits per heavy atom. The van der Waals surface area contributed by atoms with Crippen LogP contribution in [-0.2, 0) is 0 Å². The average Bonchev–Trinajstić information content (AvgIpc) is 2.67. The predicted octanol–water partition coefficient (Wildman–Crippen LogP) is 2.14. The van der Waals surface area contributed by atoms with Crippen molar-refractivity contribution in [2.45, 2.75) is 25.7 Å². The summed E-state index contributed by atoms with van der Waals surface area (Å²) in [4.78, 5) is 18.3. The topological polar surface area (TPSA) is 45.2 Å². The quantitative estimate of drug-likeness (QED) is 0.851. The summed E-state index contributed by atoms with van der Waals surface area (Å²) in [5.41, 5.74) is 1.47. The fourth-order valence-corrected chi connectivity index (χ4v) is 2.14. The molecular formula is C13H19N3O. The third-order valence-electron chi connectivity index (χ3n) is 3.16. The second-order valence-corrected chi connectivity index (χ2v) is 4.39. The van der Waals surface area contributed by atoms with Crippen molar-refractivity contribution in [1.82, 2.24) is 9.88 Å². The van der Waals surface area contributed by atoms with Gasteiger partial charge in [-0.2, -0.15) is 0 Å². The molecule has 2 heterocycles. The van der Waals surface area contributed by atoms with Gasteiger partial charge >= 0.3 is 0 Å². The van der Waals surface area contributed by atoms with Crippen molar-refractivity contribution in [2.75, 3.05) is 25.5 Å². The van der Waals surface area contributed by atoms with Gasteiger partial charge in [0.25, 0.3) is 5.91 Å². The lowest BCUT2D eigenvalue weighted by atomic mass is 10.2. The van der Waals surface area contributed by atoms with Gasteiger partial charge in [0.2, 0.25) is 0 Å². The van der Waals surface area contributed by atoms with E-state index in [-0.39, 0.29) is 5.91 Å². The highest BCUT2D eigenvalue weighted by Crippen LogP contribution is 2.14. The molecule has 1 aliphatic rings. The molecule has 0 atom stereocenters. The van der Waals surface area contributed by atoms with E-state index >= 15 is 0 Å². The van der Waals surface area contributed by atoms with Crippen molar-refractivity contribution in [1.29, 1.82) is 0 Å². The number of carbonyl (C=O) groups excluding carboxylic acids is 1. The summed E-state index contributed by atoms with van der Waals surface area (Å²) in [7, 11) is 1.84. The highest BCUT2D eigenvalue weighted by atomic mass is 16.2. The standard InChI is InChI=1S/C13H19N3O/c1-14-11-6-7-15-12(10-11)13(17)16-8-4-2-3-5-9-16/h6-7,10H,2-5,8-9H2,1H3,(H,14,15). The normalized spacial score (nSPS) is 16.4. The molecule has 1 amide bonds. The summed E-state index contributed by atoms with van der Waals surface area (Å²) >= 11 is 0. The highest BCUT2D eigenvalue weighted by Gasteiger charge is 2.18. The van der Waals surface area contributed by atoms with Crippen molar-refractivity contribution in [3.05, 3.63) is 24.0 Å². The van der Waals surface area contributed by atoms with Crippen LogP contribution in [0.3, 0.4) is 0 Å². The Kier molecular flexibility index (Phi) is 3.96. The Morgan fingerprint density at radius 3 is 2.65 bits per heavy atom. The lowest BCUT2D eigenvalue weighted by Crippen LogP contribution is -2.32. The lowest BCUT2D eigenvalue weighted by Gasteiger charge is -2.19. The van der Waals surface area contributed by atoms with Gasteiger partial charge in [0.15, 0.2) is 0 Å². The van der Waals surface area contributed by atoms with Gasteiger partial charge < -0.3 is 10.2 Å². The van der Waals surface area contributed by atoms with Gasteiger partial charge in [-0.1, -0.05) is 12.8 Å². The molecule has 0 radical (unpaired) electrons. The van der Waals surface area contributed by atoms with Crippen molar-refractivity contribution in [2.24, 2.45) is 0 Å². The summed E-state index contributed by atoms with van der Waals surface area (Å²) in [5, 5.41) is 3.03. The molecule has 0 aromatic carbocycles. The van der Waals surface area contributed by atoms with E-state index in [9.17, 15) is 4.79 Å². The van der Waals surface area contributed by atoms with Crippen LogP contribution in [0.25, 0.3) is 0 Å². The molecule has 1 N–H and O–H groups in total. The van der Waals surface area contributed by atoms with Gasteiger partial charge in [-0.05, 0) is 25.0 Å². The van der Waals surface area contributed by atoms with Crippen LogP contribution in [0, 0.1) is 0 Å². The number of amides is 1. The number of pyridine rings is 1. The Bertz CT molecular complexity index is 384. The molecule has 1 saturated heterocycles. The van der Waals surface area contributed by atoms with Crippen LogP contribution in [0.4, 0.5) is 5.69 Å². The Labute approximate surface area is 102 Å². The van der Waals surface area contributed by atoms with E-state index in [1.165, 1.54) is 12.8 Å². The minimum atomic E-state index is 0.0593. The molecular weight excluding hydrogens is 214 g/mol. The molecule has 2 rings (SSSR count). The maximum absolute atomic E-state index is 12.3. The van der Waals surface area contributed by atoms with Gasteiger partial charge in [0.05, 0.1) is 0 Å². The number of nitrogens with zero attached hydrogens (tertiary/aromatic N) is 2. The lowest BCUT2D eigenvalue weighted by molar-refractivity contribution is 0.0756. The van der Waals surface area contributed by atoms with Crippen LogP contribution >= 0.6 is 0 Å². The fourth-order valence-electron chi connectivity index (χ4n) is 2.14. The molecule has 1 aromatic heterocycles. The minimum Gasteiger partial charge on any atom is -0.388 e. The number of likely N-dealkylation sites (tertiary alicyclic amines) is 1. The largest absolute Gasteiger partial charge is 0.388 e. The van der Waals surface area contributed by atoms with E-state index in [1.54, 1.807) is 6.20 Å². The molecule has 0 bridgehead atoms. The molecule has 4 heteroatoms. The molecule has 0 saturated carbocycles. The van der Waals surface area contributed by atoms with E-state index in [0.717, 1.165) is 31.6 Å². The van der Waals surface area contributed by atoms with Crippen molar-refractivity contribution in [3.63, 3.8) is 0 Å². The maximum Gasteiger partial charge on any atom is 0.272 e. The van der Waals surface area contributed by atoms with E-state index in [0.29, 0.717) is 5.69 Å². The molecule has 0 aliphatic carbocycles. The van der Waals surface area contributed by atoms with Crippen LogP contribution < -0.4 is 5.32 Å². The Hall–Kier alpha value is -1.58. The van der Waals surface area contributed by atoms with E-state index in [1.807, 2.05) is 24.1 Å². The first kappa shape index (κ1) is 11.9. The second kappa shape index (κ2) is 5.66. The van der Waals surface area contributed by atoms with Gasteiger partial charge in [-0.3, -0.25) is 9.78 Å². The SMILES string of the molecule is CNc1ccnc(C(=O)N2CCCCCC2)c1. The zero-order valence-electron chi connectivity index (χ0n) is 10.3. The minimum absolute atomic E-state index is 0.0593. The van der Waals surface area contributed by atoms with Crippen LogP contribution in [0.15, 0.2) is 18.3 Å².